The van der Waals surface area contributed by atoms with Crippen LogP contribution in [0.5, 0.6) is 0 Å². The summed E-state index contributed by atoms with van der Waals surface area (Å²) in [6.45, 7) is 32.1. The fourth-order valence-electron chi connectivity index (χ4n) is 14.0. The summed E-state index contributed by atoms with van der Waals surface area (Å²) in [4.78, 5) is 50.8. The molecular formula is C98H119Cl3MgN26O8SSi2. The molecule has 0 saturated heterocycles. The van der Waals surface area contributed by atoms with Crippen molar-refractivity contribution in [3.63, 3.8) is 0 Å². The number of nitrogens with zero attached hydrogens (tertiary/aromatic N) is 18. The second-order valence-corrected chi connectivity index (χ2v) is 46.5. The number of carbonyl (C=O) groups is 4. The van der Waals surface area contributed by atoms with Crippen molar-refractivity contribution in [3.05, 3.63) is 339 Å². The van der Waals surface area contributed by atoms with Gasteiger partial charge < -0.3 is 76.2 Å². The molecule has 41 heteroatoms. The van der Waals surface area contributed by atoms with E-state index in [0.717, 1.165) is 72.2 Å². The van der Waals surface area contributed by atoms with Gasteiger partial charge in [0.25, 0.3) is 11.8 Å². The number of aryl methyl sites for hydroxylation is 7. The van der Waals surface area contributed by atoms with Crippen LogP contribution in [0.25, 0.3) is 21.9 Å². The minimum Gasteiger partial charge on any atom is -1.00 e. The van der Waals surface area contributed by atoms with Gasteiger partial charge in [0, 0.05) is 134 Å². The number of amides is 2. The summed E-state index contributed by atoms with van der Waals surface area (Å²) in [6, 6.07) is 63.4. The largest absolute Gasteiger partial charge is 2.00 e. The molecule has 2 aliphatic carbocycles. The molecule has 7 aromatic carbocycles. The van der Waals surface area contributed by atoms with Crippen LogP contribution in [0.2, 0.25) is 39.3 Å². The van der Waals surface area contributed by atoms with E-state index >= 15 is 0 Å². The Bertz CT molecular complexity index is 6400. The number of aliphatic hydroxyl groups excluding tert-OH is 2. The van der Waals surface area contributed by atoms with Crippen molar-refractivity contribution in [1.82, 2.24) is 79.1 Å². The molecule has 14 aromatic rings. The van der Waals surface area contributed by atoms with Gasteiger partial charge in [-0.25, -0.2) is 27.9 Å². The summed E-state index contributed by atoms with van der Waals surface area (Å²) in [6.07, 6.45) is 18.4. The second-order valence-electron chi connectivity index (χ2n) is 34.0. The number of carbonyl (C=O) groups excluding carboxylic acids is 3. The van der Waals surface area contributed by atoms with Gasteiger partial charge in [0.15, 0.2) is 17.7 Å². The molecule has 34 nitrogen and oxygen atoms in total. The molecule has 7 heterocycles. The number of carboxylic acid groups (broad SMARTS) is 1. The van der Waals surface area contributed by atoms with Gasteiger partial charge in [0.2, 0.25) is 9.23 Å². The molecule has 0 spiro atoms. The minimum absolute atomic E-state index is 0. The average molecular weight is 2010 g/mol. The van der Waals surface area contributed by atoms with Crippen LogP contribution in [-0.4, -0.2) is 191 Å². The first kappa shape index (κ1) is 115. The summed E-state index contributed by atoms with van der Waals surface area (Å²) in [5, 5.41) is 89.5. The van der Waals surface area contributed by atoms with Crippen molar-refractivity contribution >= 4 is 123 Å². The maximum atomic E-state index is 13.3. The number of nitrogen functional groups attached to an aromatic ring is 1. The SMILES string of the molecule is C[Si](C)(C)N(c1c[c-]ccc1)[Si](C)(C)C.Cc1cc(C(=O)Nc2cccc(C(O)c3cnn(C)c3)c2)n(-c2cccc(C#N)c2)n1.Cc1cc(C(=O)O)n(-c2cccc(C#N)c2)n1.Cn1cc(C(O)c2cccc(N)c2)cn1.Cn1cc(C=O)cn1.NCC1CC1.NCCNCCN.O=S(Cl)Cl.[C-]#[N+]c1cccc(-n2nc(C)cc2C(=O)Nc2cccc(C(NCC3CC3)c3cnn(C)c3)c2)c1.[Cl-].[Mg+2]. The molecule has 0 bridgehead atoms. The maximum absolute atomic E-state index is 13.3. The fourth-order valence-corrected chi connectivity index (χ4v) is 23.9. The number of nitriles is 2. The quantitative estimate of drug-likeness (QED) is 0.00599. The number of aliphatic hydroxyl groups is 2. The van der Waals surface area contributed by atoms with Crippen LogP contribution in [0.15, 0.2) is 238 Å². The molecule has 16 rings (SSSR count). The molecule has 726 valence electrons. The smallest absolute Gasteiger partial charge is 1.00 e. The van der Waals surface area contributed by atoms with Gasteiger partial charge in [-0.05, 0) is 191 Å². The Morgan fingerprint density at radius 1 is 0.576 bits per heavy atom. The summed E-state index contributed by atoms with van der Waals surface area (Å²) in [7, 11) is 12.1. The van der Waals surface area contributed by atoms with Crippen molar-refractivity contribution in [3.8, 4) is 29.2 Å². The second kappa shape index (κ2) is 56.8. The van der Waals surface area contributed by atoms with Gasteiger partial charge in [-0.2, -0.15) is 76.5 Å². The molecule has 2 amide bonds. The van der Waals surface area contributed by atoms with Crippen LogP contribution in [0, 0.1) is 67.9 Å². The van der Waals surface area contributed by atoms with Gasteiger partial charge >= 0.3 is 29.0 Å². The van der Waals surface area contributed by atoms with E-state index in [0.29, 0.717) is 103 Å². The number of aromatic nitrogens is 14. The van der Waals surface area contributed by atoms with Crippen LogP contribution in [0.3, 0.4) is 0 Å². The zero-order chi connectivity index (χ0) is 100. The molecular weight excluding hydrogens is 1890 g/mol. The Kier molecular flexibility index (Phi) is 47.0. The standard InChI is InChI=1S/C27H27N7O.C23H20N6O2.C12H9N3O2.C12H22NSi2.C11H13N3O.C5H6N2O.C4H13N3.C4H9N.Cl2OS.ClH.Mg/c1-18-12-25(34(32-18)24-9-5-7-22(14-24)28-2)27(35)31-23-8-4-6-20(13-23)26(29-15-19-10-11-19)21-16-30-33(3)17-21;1-15-9-21(29(27-15)20-8-3-5-16(10-20)12-24)23(31)26-19-7-4-6-17(11-19)22(30)18-13-25-28(2)14-18;1-8-5-11(12(16)17)15(14-8)10-4-2-3-9(6-10)7-13;1-14(2,3)13(15(4,5)6)12-10-8-7-9-11-12;1-14-7-9(6-13-14)11(15)8-3-2-4-10(12)5-8;1-7-3-5(4-8)2-6-7;5-1-3-7-4-2-6;5-3-4-1-2-4;1-4(2)3;;/h4-9,12-14,16-17,19,26,29H,10-11,15H2,1,3H3,(H,31,35);3-11,13-14,22,30H,1-2H3,(H,26,31);2-6H,1H3,(H,16,17);7-8,10-11H,1-6H3;2-7,11,15H,12H2,1H3;2-4H,1H3;7H,1-6H2;4H,1-3,5H2;;1H;/q;;;-1;;;;;;;+2/p-1. The maximum Gasteiger partial charge on any atom is 2.00 e. The Balaban J connectivity index is 0.000000258. The molecule has 2 aliphatic rings. The molecule has 3 unspecified atom stereocenters. The van der Waals surface area contributed by atoms with Crippen molar-refractivity contribution in [2.45, 2.75) is 104 Å². The van der Waals surface area contributed by atoms with Crippen molar-refractivity contribution < 1.29 is 51.1 Å². The first-order valence-electron chi connectivity index (χ1n) is 43.8. The van der Waals surface area contributed by atoms with Crippen molar-refractivity contribution in [1.29, 1.82) is 10.5 Å². The van der Waals surface area contributed by atoms with E-state index in [1.54, 1.807) is 198 Å². The van der Waals surface area contributed by atoms with E-state index in [4.69, 9.17) is 49.3 Å². The predicted octanol–water partition coefficient (Wildman–Crippen LogP) is 11.5. The van der Waals surface area contributed by atoms with Crippen LogP contribution in [0.4, 0.5) is 28.4 Å². The summed E-state index contributed by atoms with van der Waals surface area (Å²) in [5.41, 5.74) is 36.2. The number of aromatic carboxylic acids is 1. The molecule has 7 aromatic heterocycles. The molecule has 0 radical (unpaired) electrons. The number of aldehydes is 1. The zero-order valence-electron chi connectivity index (χ0n) is 80.0. The van der Waals surface area contributed by atoms with Crippen LogP contribution in [-0.2, 0) is 37.4 Å². The van der Waals surface area contributed by atoms with Crippen LogP contribution in [0.1, 0.15) is 147 Å². The van der Waals surface area contributed by atoms with E-state index < -0.39 is 43.9 Å². The molecule has 15 N–H and O–H groups in total. The number of hydrogen-bond donors (Lipinski definition) is 11. The Morgan fingerprint density at radius 3 is 1.37 bits per heavy atom. The van der Waals surface area contributed by atoms with Crippen LogP contribution < -0.4 is 60.8 Å². The molecule has 139 heavy (non-hydrogen) atoms. The van der Waals surface area contributed by atoms with Gasteiger partial charge in [-0.15, -0.1) is 0 Å². The van der Waals surface area contributed by atoms with E-state index in [9.17, 15) is 29.4 Å². The predicted molar refractivity (Wildman–Crippen MR) is 549 cm³/mol. The third kappa shape index (κ3) is 37.7. The number of rotatable bonds is 26. The van der Waals surface area contributed by atoms with E-state index in [1.165, 1.54) is 53.0 Å². The van der Waals surface area contributed by atoms with Crippen molar-refractivity contribution in [2.24, 2.45) is 57.2 Å². The third-order valence-electron chi connectivity index (χ3n) is 20.3. The van der Waals surface area contributed by atoms with Gasteiger partial charge in [-0.1, -0.05) is 106 Å². The monoisotopic (exact) mass is 2000 g/mol. The molecule has 0 aliphatic heterocycles. The van der Waals surface area contributed by atoms with Gasteiger partial charge in [-0.3, -0.25) is 33.1 Å². The zero-order valence-corrected chi connectivity index (χ0v) is 86.5. The Labute approximate surface area is 846 Å². The topological polar surface area (TPSA) is 478 Å². The van der Waals surface area contributed by atoms with Gasteiger partial charge in [0.1, 0.15) is 40.1 Å². The Hall–Kier alpha value is -12.9. The molecule has 3 atom stereocenters. The Morgan fingerprint density at radius 2 is 0.993 bits per heavy atom. The van der Waals surface area contributed by atoms with E-state index in [2.05, 4.69) is 163 Å². The average Bonchev–Trinajstić information content (AvgIpc) is 1.47. The number of benzene rings is 7. The summed E-state index contributed by atoms with van der Waals surface area (Å²) in [5.74, 6) is -0.0132. The molecule has 2 fully saturated rings. The number of nitrogens with one attached hydrogen (secondary N) is 4. The van der Waals surface area contributed by atoms with E-state index in [1.807, 2.05) is 81.9 Å². The third-order valence-corrected chi connectivity index (χ3v) is 27.5. The fraction of sp³-hybridized carbons (Fsp3) is 0.286. The van der Waals surface area contributed by atoms with E-state index in [-0.39, 0.29) is 59.0 Å². The van der Waals surface area contributed by atoms with Crippen LogP contribution >= 0.6 is 21.4 Å². The number of carboxylic acids is 1. The van der Waals surface area contributed by atoms with Crippen molar-refractivity contribution in [2.75, 3.05) is 59.9 Å². The summed E-state index contributed by atoms with van der Waals surface area (Å²) < 4.78 is 22.9. The van der Waals surface area contributed by atoms with Gasteiger partial charge in [0.05, 0.1) is 100 Å². The first-order chi connectivity index (χ1) is 65.3. The molecule has 2 saturated carbocycles. The number of halogens is 3. The number of anilines is 4. The summed E-state index contributed by atoms with van der Waals surface area (Å²) >= 11 is 0. The number of nitrogens with two attached hydrogens (primary N) is 4. The minimum atomic E-state index is -1.67. The number of hydrogen-bond acceptors (Lipinski definition) is 23. The normalized spacial score (nSPS) is 12.1. The first-order valence-corrected chi connectivity index (χ1v) is 53.5.